The number of hydrogen-bond donors (Lipinski definition) is 3. The third kappa shape index (κ3) is 12.2. The molecule has 0 aromatic heterocycles. The fraction of sp³-hybridized carbons (Fsp3) is 0.526. The molecule has 6 heteroatoms. The molecule has 0 radical (unpaired) electrons. The number of unbranched alkanes of at least 4 members (excludes halogenated alkanes) is 12. The Morgan fingerprint density at radius 1 is 0.727 bits per heavy atom. The lowest BCUT2D eigenvalue weighted by atomic mass is 10.0. The molecule has 3 rings (SSSR count). The molecule has 0 aliphatic carbocycles. The minimum absolute atomic E-state index is 0.0413. The number of nitrogens with one attached hydrogen (secondary N) is 2. The Morgan fingerprint density at radius 2 is 1.36 bits per heavy atom. The standard InChI is InChI=1S/C38H54N2O4/c1-3-5-6-7-8-9-10-11-12-13-14-15-16-20-30-21-19-23-32(29-30)44-35(4-2)38(43)40-28-27-39-37(42)34-26-25-31-22-17-18-24-33(31)36(34)41/h17-19,21-26,29,35,41H,3-16,20,27-28H2,1-2H3,(H,39,42)(H,40,43). The maximum absolute atomic E-state index is 12.8. The number of hydrogen-bond acceptors (Lipinski definition) is 4. The number of ether oxygens (including phenoxy) is 1. The van der Waals surface area contributed by atoms with E-state index >= 15 is 0 Å². The van der Waals surface area contributed by atoms with Gasteiger partial charge in [0, 0.05) is 18.5 Å². The Kier molecular flexibility index (Phi) is 16.2. The summed E-state index contributed by atoms with van der Waals surface area (Å²) in [6.07, 6.45) is 18.5. The Labute approximate surface area is 265 Å². The summed E-state index contributed by atoms with van der Waals surface area (Å²) >= 11 is 0. The highest BCUT2D eigenvalue weighted by Crippen LogP contribution is 2.28. The number of phenols is 1. The lowest BCUT2D eigenvalue weighted by molar-refractivity contribution is -0.128. The minimum atomic E-state index is -0.609. The molecule has 0 saturated carbocycles. The van der Waals surface area contributed by atoms with E-state index in [-0.39, 0.29) is 36.2 Å². The van der Waals surface area contributed by atoms with Crippen molar-refractivity contribution in [3.8, 4) is 11.5 Å². The van der Waals surface area contributed by atoms with Crippen LogP contribution in [-0.2, 0) is 11.2 Å². The topological polar surface area (TPSA) is 87.7 Å². The van der Waals surface area contributed by atoms with Crippen LogP contribution in [0.1, 0.15) is 120 Å². The van der Waals surface area contributed by atoms with Gasteiger partial charge in [0.2, 0.25) is 0 Å². The molecule has 1 unspecified atom stereocenters. The minimum Gasteiger partial charge on any atom is -0.506 e. The maximum atomic E-state index is 12.8. The fourth-order valence-corrected chi connectivity index (χ4v) is 5.62. The summed E-state index contributed by atoms with van der Waals surface area (Å²) in [5, 5.41) is 17.6. The quantitative estimate of drug-likeness (QED) is 0.100. The van der Waals surface area contributed by atoms with Crippen LogP contribution in [0.5, 0.6) is 11.5 Å². The van der Waals surface area contributed by atoms with E-state index in [1.54, 1.807) is 12.1 Å². The van der Waals surface area contributed by atoms with Crippen molar-refractivity contribution in [2.75, 3.05) is 13.1 Å². The average Bonchev–Trinajstić information content (AvgIpc) is 3.04. The Balaban J connectivity index is 1.30. The number of carbonyl (C=O) groups is 2. The van der Waals surface area contributed by atoms with Crippen molar-refractivity contribution in [1.29, 1.82) is 0 Å². The molecule has 2 amide bonds. The number of amides is 2. The second-order valence-electron chi connectivity index (χ2n) is 11.9. The van der Waals surface area contributed by atoms with Crippen molar-refractivity contribution < 1.29 is 19.4 Å². The molecule has 0 heterocycles. The molecule has 0 saturated heterocycles. The monoisotopic (exact) mass is 602 g/mol. The Bertz CT molecular complexity index is 1270. The number of rotatable bonds is 22. The summed E-state index contributed by atoms with van der Waals surface area (Å²) in [6, 6.07) is 18.9. The van der Waals surface area contributed by atoms with Crippen LogP contribution < -0.4 is 15.4 Å². The molecule has 3 N–H and O–H groups in total. The molecular formula is C38H54N2O4. The van der Waals surface area contributed by atoms with Crippen LogP contribution in [0.25, 0.3) is 10.8 Å². The van der Waals surface area contributed by atoms with Gasteiger partial charge in [0.05, 0.1) is 5.56 Å². The van der Waals surface area contributed by atoms with Gasteiger partial charge in [0.1, 0.15) is 11.5 Å². The predicted octanol–water partition coefficient (Wildman–Crippen LogP) is 8.88. The van der Waals surface area contributed by atoms with E-state index in [9.17, 15) is 14.7 Å². The van der Waals surface area contributed by atoms with Gasteiger partial charge >= 0.3 is 0 Å². The highest BCUT2D eigenvalue weighted by atomic mass is 16.5. The van der Waals surface area contributed by atoms with Crippen LogP contribution in [0.2, 0.25) is 0 Å². The molecule has 44 heavy (non-hydrogen) atoms. The summed E-state index contributed by atoms with van der Waals surface area (Å²) < 4.78 is 6.06. The van der Waals surface area contributed by atoms with Crippen molar-refractivity contribution in [3.63, 3.8) is 0 Å². The van der Waals surface area contributed by atoms with Gasteiger partial charge in [-0.05, 0) is 48.4 Å². The van der Waals surface area contributed by atoms with Crippen LogP contribution in [0.4, 0.5) is 0 Å². The number of aromatic hydroxyl groups is 1. The molecule has 1 atom stereocenters. The van der Waals surface area contributed by atoms with E-state index in [0.29, 0.717) is 17.6 Å². The van der Waals surface area contributed by atoms with Crippen LogP contribution in [0.15, 0.2) is 60.7 Å². The van der Waals surface area contributed by atoms with Gasteiger partial charge in [-0.1, -0.05) is 133 Å². The van der Waals surface area contributed by atoms with Gasteiger partial charge in [-0.15, -0.1) is 0 Å². The van der Waals surface area contributed by atoms with Gasteiger partial charge in [0.25, 0.3) is 11.8 Å². The number of carbonyl (C=O) groups excluding carboxylic acids is 2. The number of aryl methyl sites for hydroxylation is 1. The molecule has 0 aliphatic rings. The van der Waals surface area contributed by atoms with Crippen molar-refractivity contribution in [2.24, 2.45) is 0 Å². The zero-order chi connectivity index (χ0) is 31.4. The number of phenolic OH excluding ortho intramolecular Hbond substituents is 1. The smallest absolute Gasteiger partial charge is 0.261 e. The molecule has 3 aromatic carbocycles. The van der Waals surface area contributed by atoms with Gasteiger partial charge in [-0.3, -0.25) is 9.59 Å². The summed E-state index contributed by atoms with van der Waals surface area (Å²) in [4.78, 5) is 25.4. The van der Waals surface area contributed by atoms with E-state index in [4.69, 9.17) is 4.74 Å². The molecular weight excluding hydrogens is 548 g/mol. The highest BCUT2D eigenvalue weighted by molar-refractivity contribution is 6.03. The first-order chi connectivity index (χ1) is 21.5. The zero-order valence-electron chi connectivity index (χ0n) is 27.0. The first-order valence-corrected chi connectivity index (χ1v) is 17.1. The second-order valence-corrected chi connectivity index (χ2v) is 11.9. The van der Waals surface area contributed by atoms with Crippen molar-refractivity contribution in [3.05, 3.63) is 71.8 Å². The SMILES string of the molecule is CCCCCCCCCCCCCCCc1cccc(OC(CC)C(=O)NCCNC(=O)c2ccc3ccccc3c2O)c1. The Hall–Kier alpha value is -3.54. The first-order valence-electron chi connectivity index (χ1n) is 17.1. The molecule has 0 bridgehead atoms. The van der Waals surface area contributed by atoms with Crippen molar-refractivity contribution in [2.45, 2.75) is 116 Å². The molecule has 0 fully saturated rings. The van der Waals surface area contributed by atoms with E-state index in [1.807, 2.05) is 49.4 Å². The van der Waals surface area contributed by atoms with Gasteiger partial charge in [-0.2, -0.15) is 0 Å². The molecule has 3 aromatic rings. The van der Waals surface area contributed by atoms with Crippen molar-refractivity contribution >= 4 is 22.6 Å². The largest absolute Gasteiger partial charge is 0.506 e. The van der Waals surface area contributed by atoms with Crippen LogP contribution >= 0.6 is 0 Å². The highest BCUT2D eigenvalue weighted by Gasteiger charge is 2.19. The molecule has 6 nitrogen and oxygen atoms in total. The molecule has 0 spiro atoms. The normalized spacial score (nSPS) is 11.8. The Morgan fingerprint density at radius 3 is 2.05 bits per heavy atom. The van der Waals surface area contributed by atoms with Gasteiger partial charge in [0.15, 0.2) is 6.10 Å². The average molecular weight is 603 g/mol. The summed E-state index contributed by atoms with van der Waals surface area (Å²) in [5.41, 5.74) is 1.45. The van der Waals surface area contributed by atoms with Gasteiger partial charge < -0.3 is 20.5 Å². The van der Waals surface area contributed by atoms with Crippen LogP contribution in [0.3, 0.4) is 0 Å². The summed E-state index contributed by atoms with van der Waals surface area (Å²) in [7, 11) is 0. The third-order valence-corrected chi connectivity index (χ3v) is 8.26. The maximum Gasteiger partial charge on any atom is 0.261 e. The van der Waals surface area contributed by atoms with Gasteiger partial charge in [-0.25, -0.2) is 0 Å². The lowest BCUT2D eigenvalue weighted by Crippen LogP contribution is -2.41. The first kappa shape index (κ1) is 34.9. The number of benzene rings is 3. The summed E-state index contributed by atoms with van der Waals surface area (Å²) in [6.45, 7) is 4.69. The van der Waals surface area contributed by atoms with Crippen LogP contribution in [-0.4, -0.2) is 36.1 Å². The molecule has 0 aliphatic heterocycles. The lowest BCUT2D eigenvalue weighted by Gasteiger charge is -2.18. The summed E-state index contributed by atoms with van der Waals surface area (Å²) in [5.74, 6) is 0.0722. The molecule has 240 valence electrons. The number of fused-ring (bicyclic) bond motifs is 1. The fourth-order valence-electron chi connectivity index (χ4n) is 5.62. The predicted molar refractivity (Wildman–Crippen MR) is 182 cm³/mol. The second kappa shape index (κ2) is 20.4. The van der Waals surface area contributed by atoms with Crippen LogP contribution in [0, 0.1) is 0 Å². The zero-order valence-corrected chi connectivity index (χ0v) is 27.0. The van der Waals surface area contributed by atoms with E-state index in [2.05, 4.69) is 23.6 Å². The van der Waals surface area contributed by atoms with Crippen molar-refractivity contribution in [1.82, 2.24) is 10.6 Å². The van der Waals surface area contributed by atoms with E-state index in [0.717, 1.165) is 11.8 Å². The third-order valence-electron chi connectivity index (χ3n) is 8.26. The van der Waals surface area contributed by atoms with E-state index in [1.165, 1.54) is 89.0 Å². The van der Waals surface area contributed by atoms with E-state index < -0.39 is 6.10 Å².